The second-order valence-corrected chi connectivity index (χ2v) is 8.89. The maximum absolute atomic E-state index is 13.3. The fourth-order valence-corrected chi connectivity index (χ4v) is 4.16. The van der Waals surface area contributed by atoms with Gasteiger partial charge in [0.05, 0.1) is 10.7 Å². The zero-order valence-corrected chi connectivity index (χ0v) is 20.3. The van der Waals surface area contributed by atoms with E-state index in [4.69, 9.17) is 39.5 Å². The molecule has 0 unspecified atom stereocenters. The minimum atomic E-state index is -0.903. The Balaban J connectivity index is 1.73. The lowest BCUT2D eigenvalue weighted by molar-refractivity contribution is -0.122. The van der Waals surface area contributed by atoms with Crippen molar-refractivity contribution < 1.29 is 23.5 Å². The van der Waals surface area contributed by atoms with Crippen molar-refractivity contribution in [3.63, 3.8) is 0 Å². The summed E-state index contributed by atoms with van der Waals surface area (Å²) < 4.78 is 19.0. The molecular formula is C25H16Cl3FN2O4. The van der Waals surface area contributed by atoms with Crippen molar-refractivity contribution in [3.05, 3.63) is 97.7 Å². The highest BCUT2D eigenvalue weighted by Gasteiger charge is 2.37. The molecule has 1 saturated heterocycles. The van der Waals surface area contributed by atoms with Gasteiger partial charge in [0.15, 0.2) is 0 Å². The lowest BCUT2D eigenvalue weighted by Crippen LogP contribution is -2.54. The molecule has 1 N–H and O–H groups in total. The normalized spacial score (nSPS) is 14.9. The summed E-state index contributed by atoms with van der Waals surface area (Å²) in [5.41, 5.74) is 1.39. The average Bonchev–Trinajstić information content (AvgIpc) is 2.79. The number of amides is 4. The van der Waals surface area contributed by atoms with Gasteiger partial charge >= 0.3 is 6.03 Å². The molecule has 0 radical (unpaired) electrons. The number of aryl methyl sites for hydroxylation is 1. The van der Waals surface area contributed by atoms with E-state index in [0.29, 0.717) is 16.1 Å². The van der Waals surface area contributed by atoms with E-state index in [1.54, 1.807) is 31.2 Å². The highest BCUT2D eigenvalue weighted by molar-refractivity contribution is 6.40. The van der Waals surface area contributed by atoms with Gasteiger partial charge in [0.1, 0.15) is 23.7 Å². The van der Waals surface area contributed by atoms with Gasteiger partial charge in [-0.15, -0.1) is 0 Å². The summed E-state index contributed by atoms with van der Waals surface area (Å²) in [7, 11) is 0. The second kappa shape index (κ2) is 10.1. The van der Waals surface area contributed by atoms with Crippen molar-refractivity contribution in [2.75, 3.05) is 4.90 Å². The first-order valence-electron chi connectivity index (χ1n) is 10.2. The number of carbonyl (C=O) groups excluding carboxylic acids is 3. The third kappa shape index (κ3) is 5.32. The lowest BCUT2D eigenvalue weighted by atomic mass is 10.0. The summed E-state index contributed by atoms with van der Waals surface area (Å²) in [4.78, 5) is 39.3. The van der Waals surface area contributed by atoms with Crippen molar-refractivity contribution in [1.82, 2.24) is 5.32 Å². The van der Waals surface area contributed by atoms with Gasteiger partial charge in [-0.1, -0.05) is 53.0 Å². The van der Waals surface area contributed by atoms with Crippen LogP contribution in [-0.2, 0) is 16.2 Å². The molecule has 1 aliphatic heterocycles. The van der Waals surface area contributed by atoms with Gasteiger partial charge in [-0.2, -0.15) is 0 Å². The largest absolute Gasteiger partial charge is 0.487 e. The number of hydrogen-bond donors (Lipinski definition) is 1. The molecule has 178 valence electrons. The van der Waals surface area contributed by atoms with Crippen LogP contribution in [0.25, 0.3) is 6.08 Å². The van der Waals surface area contributed by atoms with Gasteiger partial charge in [-0.3, -0.25) is 14.9 Å². The van der Waals surface area contributed by atoms with Crippen LogP contribution < -0.4 is 15.0 Å². The topological polar surface area (TPSA) is 75.7 Å². The first-order valence-corrected chi connectivity index (χ1v) is 11.3. The van der Waals surface area contributed by atoms with Crippen LogP contribution in [-0.4, -0.2) is 17.8 Å². The van der Waals surface area contributed by atoms with E-state index < -0.39 is 17.8 Å². The Morgan fingerprint density at radius 1 is 0.971 bits per heavy atom. The number of benzene rings is 3. The molecule has 1 fully saturated rings. The van der Waals surface area contributed by atoms with Gasteiger partial charge in [0.2, 0.25) is 0 Å². The maximum Gasteiger partial charge on any atom is 0.335 e. The number of ether oxygens (including phenoxy) is 1. The molecule has 0 atom stereocenters. The number of nitrogens with zero attached hydrogens (tertiary/aromatic N) is 1. The minimum Gasteiger partial charge on any atom is -0.487 e. The van der Waals surface area contributed by atoms with Crippen LogP contribution in [0.1, 0.15) is 16.7 Å². The van der Waals surface area contributed by atoms with E-state index in [2.05, 4.69) is 5.32 Å². The standard InChI is InChI=1S/C25H16Cl3FN2O4/c1-13-2-5-16(26)11-21(13)31-24(33)19(23(32)30-25(31)34)9-15-8-17(27)10-20(28)22(15)35-12-14-3-6-18(29)7-4-14/h2-11H,12H2,1H3,(H,30,32,34)/b19-9+. The molecule has 3 aromatic carbocycles. The zero-order valence-electron chi connectivity index (χ0n) is 18.1. The van der Waals surface area contributed by atoms with E-state index in [1.807, 2.05) is 0 Å². The number of anilines is 1. The summed E-state index contributed by atoms with van der Waals surface area (Å²) in [6.07, 6.45) is 1.24. The first-order chi connectivity index (χ1) is 16.6. The molecule has 10 heteroatoms. The number of halogens is 4. The number of carbonyl (C=O) groups is 3. The molecule has 0 bridgehead atoms. The Kier molecular flexibility index (Phi) is 7.12. The van der Waals surface area contributed by atoms with Crippen molar-refractivity contribution in [2.24, 2.45) is 0 Å². The van der Waals surface area contributed by atoms with Crippen LogP contribution in [0.15, 0.2) is 60.2 Å². The SMILES string of the molecule is Cc1ccc(Cl)cc1N1C(=O)NC(=O)/C(=C\c2cc(Cl)cc(Cl)c2OCc2ccc(F)cc2)C1=O. The van der Waals surface area contributed by atoms with Crippen LogP contribution in [0, 0.1) is 12.7 Å². The predicted molar refractivity (Wildman–Crippen MR) is 132 cm³/mol. The van der Waals surface area contributed by atoms with Gasteiger partial charge < -0.3 is 4.74 Å². The average molecular weight is 534 g/mol. The number of hydrogen-bond acceptors (Lipinski definition) is 4. The summed E-state index contributed by atoms with van der Waals surface area (Å²) in [6, 6.07) is 12.4. The van der Waals surface area contributed by atoms with Crippen molar-refractivity contribution >= 4 is 64.4 Å². The highest BCUT2D eigenvalue weighted by atomic mass is 35.5. The fraction of sp³-hybridized carbons (Fsp3) is 0.0800. The maximum atomic E-state index is 13.3. The highest BCUT2D eigenvalue weighted by Crippen LogP contribution is 2.35. The Labute approximate surface area is 214 Å². The van der Waals surface area contributed by atoms with E-state index in [-0.39, 0.29) is 45.0 Å². The number of barbiturate groups is 1. The van der Waals surface area contributed by atoms with Crippen LogP contribution in [0.4, 0.5) is 14.9 Å². The molecule has 6 nitrogen and oxygen atoms in total. The smallest absolute Gasteiger partial charge is 0.335 e. The van der Waals surface area contributed by atoms with Crippen molar-refractivity contribution in [2.45, 2.75) is 13.5 Å². The van der Waals surface area contributed by atoms with E-state index in [0.717, 1.165) is 4.90 Å². The van der Waals surface area contributed by atoms with Crippen molar-refractivity contribution in [3.8, 4) is 5.75 Å². The van der Waals surface area contributed by atoms with Gasteiger partial charge in [0, 0.05) is 15.6 Å². The number of urea groups is 1. The monoisotopic (exact) mass is 532 g/mol. The first kappa shape index (κ1) is 24.7. The Morgan fingerprint density at radius 3 is 2.40 bits per heavy atom. The molecule has 4 amide bonds. The van der Waals surface area contributed by atoms with E-state index in [9.17, 15) is 18.8 Å². The van der Waals surface area contributed by atoms with Crippen LogP contribution in [0.2, 0.25) is 15.1 Å². The molecule has 0 aliphatic carbocycles. The Bertz CT molecular complexity index is 1390. The molecule has 0 aromatic heterocycles. The summed E-state index contributed by atoms with van der Waals surface area (Å²) in [5.74, 6) is -1.99. The van der Waals surface area contributed by atoms with Crippen LogP contribution in [0.3, 0.4) is 0 Å². The number of nitrogens with one attached hydrogen (secondary N) is 1. The molecule has 1 heterocycles. The molecule has 3 aromatic rings. The van der Waals surface area contributed by atoms with Crippen LogP contribution in [0.5, 0.6) is 5.75 Å². The third-order valence-corrected chi connectivity index (χ3v) is 5.88. The number of rotatable bonds is 5. The molecule has 0 saturated carbocycles. The fourth-order valence-electron chi connectivity index (χ4n) is 3.43. The van der Waals surface area contributed by atoms with Gasteiger partial charge in [-0.25, -0.2) is 14.1 Å². The summed E-state index contributed by atoms with van der Waals surface area (Å²) in [6.45, 7) is 1.73. The predicted octanol–water partition coefficient (Wildman–Crippen LogP) is 6.34. The van der Waals surface area contributed by atoms with Crippen molar-refractivity contribution in [1.29, 1.82) is 0 Å². The zero-order chi connectivity index (χ0) is 25.3. The van der Waals surface area contributed by atoms with E-state index in [1.165, 1.54) is 36.4 Å². The minimum absolute atomic E-state index is 0.0320. The quantitative estimate of drug-likeness (QED) is 0.307. The Morgan fingerprint density at radius 2 is 1.69 bits per heavy atom. The molecule has 1 aliphatic rings. The number of imide groups is 2. The summed E-state index contributed by atoms with van der Waals surface area (Å²) >= 11 is 18.6. The second-order valence-electron chi connectivity index (χ2n) is 7.61. The molecule has 0 spiro atoms. The summed E-state index contributed by atoms with van der Waals surface area (Å²) in [5, 5.41) is 2.84. The van der Waals surface area contributed by atoms with Gasteiger partial charge in [0.25, 0.3) is 11.8 Å². The molecule has 4 rings (SSSR count). The van der Waals surface area contributed by atoms with E-state index >= 15 is 0 Å². The lowest BCUT2D eigenvalue weighted by Gasteiger charge is -2.27. The Hall–Kier alpha value is -3.39. The molecular weight excluding hydrogens is 518 g/mol. The molecule has 35 heavy (non-hydrogen) atoms. The van der Waals surface area contributed by atoms with Gasteiger partial charge in [-0.05, 0) is 60.5 Å². The van der Waals surface area contributed by atoms with Crippen LogP contribution >= 0.6 is 34.8 Å². The third-order valence-electron chi connectivity index (χ3n) is 5.15.